The second-order valence-electron chi connectivity index (χ2n) is 5.96. The Morgan fingerprint density at radius 1 is 1.12 bits per heavy atom. The molecule has 2 rings (SSSR count). The van der Waals surface area contributed by atoms with Gasteiger partial charge in [-0.15, -0.1) is 0 Å². The summed E-state index contributed by atoms with van der Waals surface area (Å²) in [5.41, 5.74) is 1.38. The van der Waals surface area contributed by atoms with Crippen LogP contribution >= 0.6 is 23.8 Å². The topological polar surface area (TPSA) is 28.5 Å². The van der Waals surface area contributed by atoms with Crippen LogP contribution in [-0.2, 0) is 6.54 Å². The van der Waals surface area contributed by atoms with Crippen molar-refractivity contribution in [2.75, 3.05) is 20.6 Å². The predicted molar refractivity (Wildman–Crippen MR) is 101 cm³/mol. The second kappa shape index (κ2) is 9.08. The molecule has 2 aromatic rings. The lowest BCUT2D eigenvalue weighted by Gasteiger charge is -2.24. The first-order valence-corrected chi connectivity index (χ1v) is 8.67. The molecule has 25 heavy (non-hydrogen) atoms. The Hall–Kier alpha value is -1.76. The molecule has 0 aliphatic rings. The van der Waals surface area contributed by atoms with Crippen LogP contribution < -0.4 is 15.5 Å². The summed E-state index contributed by atoms with van der Waals surface area (Å²) >= 11 is 11.4. The van der Waals surface area contributed by atoms with Crippen LogP contribution in [0.25, 0.3) is 0 Å². The van der Waals surface area contributed by atoms with Gasteiger partial charge in [-0.1, -0.05) is 29.8 Å². The smallest absolute Gasteiger partial charge is 0.166 e. The van der Waals surface area contributed by atoms with Gasteiger partial charge in [-0.05, 0) is 42.0 Å². The van der Waals surface area contributed by atoms with E-state index < -0.39 is 0 Å². The molecule has 0 radical (unpaired) electrons. The molecular formula is C18H21ClF2N3S+. The van der Waals surface area contributed by atoms with Crippen LogP contribution in [0.2, 0.25) is 5.02 Å². The zero-order valence-corrected chi connectivity index (χ0v) is 15.6. The van der Waals surface area contributed by atoms with E-state index in [9.17, 15) is 8.78 Å². The average molecular weight is 385 g/mol. The third-order valence-electron chi connectivity index (χ3n) is 3.88. The molecule has 0 bridgehead atoms. The first kappa shape index (κ1) is 19.6. The van der Waals surface area contributed by atoms with Crippen molar-refractivity contribution in [3.63, 3.8) is 0 Å². The molecule has 0 aliphatic carbocycles. The molecule has 7 heteroatoms. The molecule has 0 fully saturated rings. The number of halogens is 3. The van der Waals surface area contributed by atoms with E-state index in [2.05, 4.69) is 10.6 Å². The first-order chi connectivity index (χ1) is 11.9. The van der Waals surface area contributed by atoms with E-state index in [1.807, 2.05) is 14.1 Å². The highest BCUT2D eigenvalue weighted by Gasteiger charge is 2.24. The zero-order valence-electron chi connectivity index (χ0n) is 14.1. The summed E-state index contributed by atoms with van der Waals surface area (Å²) in [6, 6.07) is 10.7. The first-order valence-electron chi connectivity index (χ1n) is 7.88. The van der Waals surface area contributed by atoms with Gasteiger partial charge in [-0.3, -0.25) is 0 Å². The molecule has 0 amide bonds. The SMILES string of the molecule is C[NH+](C)[C@H](CNC(=S)NCc1ccc(F)cc1)c1c(F)cccc1Cl. The molecule has 1 atom stereocenters. The van der Waals surface area contributed by atoms with Crippen LogP contribution in [0.1, 0.15) is 17.2 Å². The number of nitrogens with one attached hydrogen (secondary N) is 3. The third kappa shape index (κ3) is 5.63. The summed E-state index contributed by atoms with van der Waals surface area (Å²) in [5.74, 6) is -0.603. The fraction of sp³-hybridized carbons (Fsp3) is 0.278. The monoisotopic (exact) mass is 384 g/mol. The highest BCUT2D eigenvalue weighted by atomic mass is 35.5. The van der Waals surface area contributed by atoms with Crippen molar-refractivity contribution in [3.05, 3.63) is 70.2 Å². The van der Waals surface area contributed by atoms with E-state index in [4.69, 9.17) is 23.8 Å². The Kier molecular flexibility index (Phi) is 7.11. The summed E-state index contributed by atoms with van der Waals surface area (Å²) in [6.45, 7) is 0.907. The molecule has 2 aromatic carbocycles. The highest BCUT2D eigenvalue weighted by molar-refractivity contribution is 7.80. The van der Waals surface area contributed by atoms with E-state index in [1.54, 1.807) is 24.3 Å². The Morgan fingerprint density at radius 2 is 1.80 bits per heavy atom. The number of rotatable bonds is 6. The van der Waals surface area contributed by atoms with Crippen LogP contribution in [0.4, 0.5) is 8.78 Å². The summed E-state index contributed by atoms with van der Waals surface area (Å²) in [7, 11) is 3.87. The number of hydrogen-bond donors (Lipinski definition) is 3. The van der Waals surface area contributed by atoms with Gasteiger partial charge in [0.15, 0.2) is 5.11 Å². The van der Waals surface area contributed by atoms with Gasteiger partial charge in [0.05, 0.1) is 31.2 Å². The van der Waals surface area contributed by atoms with Gasteiger partial charge in [0.25, 0.3) is 0 Å². The standard InChI is InChI=1S/C18H20ClF2N3S/c1-24(2)16(17-14(19)4-3-5-15(17)21)11-23-18(25)22-10-12-6-8-13(20)9-7-12/h3-9,16H,10-11H2,1-2H3,(H2,22,23,25)/p+1/t16-/m1/s1. The van der Waals surface area contributed by atoms with Gasteiger partial charge in [-0.2, -0.15) is 0 Å². The minimum atomic E-state index is -0.328. The fourth-order valence-corrected chi connectivity index (χ4v) is 2.93. The maximum absolute atomic E-state index is 14.2. The Balaban J connectivity index is 1.94. The predicted octanol–water partition coefficient (Wildman–Crippen LogP) is 2.47. The van der Waals surface area contributed by atoms with Crippen molar-refractivity contribution in [2.24, 2.45) is 0 Å². The number of benzene rings is 2. The van der Waals surface area contributed by atoms with Gasteiger partial charge in [-0.25, -0.2) is 8.78 Å². The second-order valence-corrected chi connectivity index (χ2v) is 6.77. The highest BCUT2D eigenvalue weighted by Crippen LogP contribution is 2.23. The van der Waals surface area contributed by atoms with Crippen LogP contribution in [-0.4, -0.2) is 25.8 Å². The molecule has 0 aliphatic heterocycles. The van der Waals surface area contributed by atoms with Gasteiger partial charge >= 0.3 is 0 Å². The van der Waals surface area contributed by atoms with Crippen LogP contribution in [0.3, 0.4) is 0 Å². The van der Waals surface area contributed by atoms with Gasteiger partial charge in [0.1, 0.15) is 17.7 Å². The Morgan fingerprint density at radius 3 is 2.40 bits per heavy atom. The van der Waals surface area contributed by atoms with Gasteiger partial charge < -0.3 is 15.5 Å². The van der Waals surface area contributed by atoms with Crippen molar-refractivity contribution in [1.29, 1.82) is 0 Å². The van der Waals surface area contributed by atoms with E-state index in [0.717, 1.165) is 10.5 Å². The van der Waals surface area contributed by atoms with Crippen molar-refractivity contribution >= 4 is 28.9 Å². The zero-order chi connectivity index (χ0) is 18.4. The van der Waals surface area contributed by atoms with E-state index >= 15 is 0 Å². The van der Waals surface area contributed by atoms with Crippen LogP contribution in [0.5, 0.6) is 0 Å². The fourth-order valence-electron chi connectivity index (χ4n) is 2.48. The lowest BCUT2D eigenvalue weighted by Crippen LogP contribution is -3.07. The minimum Gasteiger partial charge on any atom is -0.359 e. The number of hydrogen-bond acceptors (Lipinski definition) is 1. The van der Waals surface area contributed by atoms with Crippen molar-refractivity contribution in [2.45, 2.75) is 12.6 Å². The lowest BCUT2D eigenvalue weighted by atomic mass is 10.1. The minimum absolute atomic E-state index is 0.195. The molecule has 0 saturated carbocycles. The largest absolute Gasteiger partial charge is 0.359 e. The number of likely N-dealkylation sites (N-methyl/N-ethyl adjacent to an activating group) is 1. The molecule has 0 aromatic heterocycles. The molecule has 3 nitrogen and oxygen atoms in total. The van der Waals surface area contributed by atoms with Crippen molar-refractivity contribution in [1.82, 2.24) is 10.6 Å². The van der Waals surface area contributed by atoms with E-state index in [1.165, 1.54) is 18.2 Å². The van der Waals surface area contributed by atoms with Crippen LogP contribution in [0, 0.1) is 11.6 Å². The van der Waals surface area contributed by atoms with Crippen molar-refractivity contribution < 1.29 is 13.7 Å². The lowest BCUT2D eigenvalue weighted by molar-refractivity contribution is -0.890. The molecule has 3 N–H and O–H groups in total. The molecule has 0 unspecified atom stereocenters. The quantitative estimate of drug-likeness (QED) is 0.668. The third-order valence-corrected chi connectivity index (χ3v) is 4.50. The van der Waals surface area contributed by atoms with E-state index in [-0.39, 0.29) is 17.7 Å². The average Bonchev–Trinajstić information content (AvgIpc) is 2.56. The van der Waals surface area contributed by atoms with Gasteiger partial charge in [0, 0.05) is 6.54 Å². The molecule has 0 heterocycles. The maximum atomic E-state index is 14.2. The summed E-state index contributed by atoms with van der Waals surface area (Å²) in [6.07, 6.45) is 0. The van der Waals surface area contributed by atoms with Crippen molar-refractivity contribution in [3.8, 4) is 0 Å². The molecular weight excluding hydrogens is 364 g/mol. The normalized spacial score (nSPS) is 12.1. The maximum Gasteiger partial charge on any atom is 0.166 e. The summed E-state index contributed by atoms with van der Waals surface area (Å²) in [5, 5.41) is 7.00. The van der Waals surface area contributed by atoms with Gasteiger partial charge in [0.2, 0.25) is 0 Å². The van der Waals surface area contributed by atoms with Crippen LogP contribution in [0.15, 0.2) is 42.5 Å². The Bertz CT molecular complexity index is 703. The molecule has 0 spiro atoms. The summed E-state index contributed by atoms with van der Waals surface area (Å²) < 4.78 is 27.1. The molecule has 0 saturated heterocycles. The number of quaternary nitrogens is 1. The van der Waals surface area contributed by atoms with E-state index in [0.29, 0.717) is 28.8 Å². The number of thiocarbonyl (C=S) groups is 1. The summed E-state index contributed by atoms with van der Waals surface area (Å²) in [4.78, 5) is 1.03. The molecule has 134 valence electrons. The Labute approximate surface area is 157 Å².